The summed E-state index contributed by atoms with van der Waals surface area (Å²) in [6, 6.07) is 4.59. The average Bonchev–Trinajstić information content (AvgIpc) is 2.03. The van der Waals surface area contributed by atoms with E-state index in [2.05, 4.69) is 0 Å². The van der Waals surface area contributed by atoms with E-state index in [1.54, 1.807) is 0 Å². The van der Waals surface area contributed by atoms with Crippen LogP contribution in [0.5, 0.6) is 0 Å². The van der Waals surface area contributed by atoms with Gasteiger partial charge in [0.2, 0.25) is 0 Å². The molecule has 1 unspecified atom stereocenters. The van der Waals surface area contributed by atoms with Crippen LogP contribution in [0, 0.1) is 0 Å². The van der Waals surface area contributed by atoms with Gasteiger partial charge in [-0.2, -0.15) is 0 Å². The van der Waals surface area contributed by atoms with Crippen LogP contribution in [0.3, 0.4) is 0 Å². The Hall–Kier alpha value is 0.861. The zero-order valence-electron chi connectivity index (χ0n) is 7.84. The molecule has 7 heteroatoms. The van der Waals surface area contributed by atoms with Crippen LogP contribution in [-0.4, -0.2) is 17.4 Å². The monoisotopic (exact) mass is 246 g/mol. The summed E-state index contributed by atoms with van der Waals surface area (Å²) < 4.78 is 47.5. The van der Waals surface area contributed by atoms with Crippen molar-refractivity contribution in [1.82, 2.24) is 0 Å². The van der Waals surface area contributed by atoms with Crippen LogP contribution >= 0.6 is 0 Å². The minimum Gasteiger partial charge on any atom is -0.445 e. The minimum absolute atomic E-state index is 0. The SMILES string of the molecule is CS(=O)c1cccc([B-](F)(F)F)c1.[K+]. The van der Waals surface area contributed by atoms with E-state index in [9.17, 15) is 17.2 Å². The Morgan fingerprint density at radius 3 is 2.29 bits per heavy atom. The van der Waals surface area contributed by atoms with Gasteiger partial charge < -0.3 is 12.9 Å². The molecule has 0 aromatic heterocycles. The molecule has 14 heavy (non-hydrogen) atoms. The van der Waals surface area contributed by atoms with Crippen molar-refractivity contribution in [2.45, 2.75) is 4.90 Å². The van der Waals surface area contributed by atoms with Crippen LogP contribution in [-0.2, 0) is 10.8 Å². The quantitative estimate of drug-likeness (QED) is 0.579. The van der Waals surface area contributed by atoms with Crippen molar-refractivity contribution < 1.29 is 68.5 Å². The van der Waals surface area contributed by atoms with E-state index in [0.29, 0.717) is 0 Å². The summed E-state index contributed by atoms with van der Waals surface area (Å²) in [5.74, 6) is 0. The number of hydrogen-bond donors (Lipinski definition) is 0. The van der Waals surface area contributed by atoms with Crippen molar-refractivity contribution in [3.05, 3.63) is 24.3 Å². The summed E-state index contributed by atoms with van der Waals surface area (Å²) in [7, 11) is -1.36. The van der Waals surface area contributed by atoms with Crippen molar-refractivity contribution in [3.63, 3.8) is 0 Å². The van der Waals surface area contributed by atoms with Crippen molar-refractivity contribution in [2.75, 3.05) is 6.26 Å². The molecule has 0 heterocycles. The second kappa shape index (κ2) is 5.81. The van der Waals surface area contributed by atoms with E-state index in [1.807, 2.05) is 0 Å². The number of hydrogen-bond acceptors (Lipinski definition) is 1. The molecule has 1 nitrogen and oxygen atoms in total. The molecule has 0 saturated carbocycles. The molecule has 0 bridgehead atoms. The Morgan fingerprint density at radius 2 is 1.86 bits per heavy atom. The van der Waals surface area contributed by atoms with Crippen molar-refractivity contribution in [3.8, 4) is 0 Å². The molecule has 1 aromatic rings. The van der Waals surface area contributed by atoms with Crippen LogP contribution in [0.4, 0.5) is 12.9 Å². The Labute approximate surface area is 125 Å². The van der Waals surface area contributed by atoms with Gasteiger partial charge in [-0.3, -0.25) is 4.21 Å². The van der Waals surface area contributed by atoms with E-state index in [1.165, 1.54) is 18.4 Å². The number of rotatable bonds is 2. The molecular formula is C7H7BF3KOS. The van der Waals surface area contributed by atoms with E-state index in [-0.39, 0.29) is 56.3 Å². The van der Waals surface area contributed by atoms with Gasteiger partial charge >= 0.3 is 58.4 Å². The molecule has 1 atom stereocenters. The van der Waals surface area contributed by atoms with Crippen LogP contribution in [0.15, 0.2) is 29.2 Å². The van der Waals surface area contributed by atoms with Crippen molar-refractivity contribution >= 4 is 23.2 Å². The number of benzene rings is 1. The summed E-state index contributed by atoms with van der Waals surface area (Å²) in [5.41, 5.74) is -0.701. The first kappa shape index (κ1) is 14.9. The molecule has 0 aliphatic heterocycles. The van der Waals surface area contributed by atoms with Gasteiger partial charge in [-0.05, 0) is 6.07 Å². The first-order valence-electron chi connectivity index (χ1n) is 3.54. The molecular weight excluding hydrogens is 239 g/mol. The molecule has 0 aliphatic rings. The fourth-order valence-electron chi connectivity index (χ4n) is 0.897. The van der Waals surface area contributed by atoms with Crippen molar-refractivity contribution in [2.24, 2.45) is 0 Å². The second-order valence-electron chi connectivity index (χ2n) is 2.60. The summed E-state index contributed by atoms with van der Waals surface area (Å²) in [5, 5.41) is 0. The largest absolute Gasteiger partial charge is 1.00 e. The van der Waals surface area contributed by atoms with Gasteiger partial charge in [0.05, 0.1) is 0 Å². The molecule has 0 fully saturated rings. The Balaban J connectivity index is 0.00000169. The van der Waals surface area contributed by atoms with E-state index in [4.69, 9.17) is 0 Å². The third-order valence-corrected chi connectivity index (χ3v) is 2.49. The topological polar surface area (TPSA) is 17.1 Å². The molecule has 1 rings (SSSR count). The summed E-state index contributed by atoms with van der Waals surface area (Å²) in [4.78, 5) is 0.205. The van der Waals surface area contributed by atoms with Gasteiger partial charge in [-0.1, -0.05) is 18.2 Å². The van der Waals surface area contributed by atoms with Crippen LogP contribution < -0.4 is 56.8 Å². The second-order valence-corrected chi connectivity index (χ2v) is 3.98. The van der Waals surface area contributed by atoms with E-state index in [0.717, 1.165) is 12.1 Å². The maximum Gasteiger partial charge on any atom is 1.00 e. The normalized spacial score (nSPS) is 13.1. The molecule has 0 N–H and O–H groups in total. The number of halogens is 3. The first-order chi connectivity index (χ1) is 5.91. The maximum atomic E-state index is 12.2. The van der Waals surface area contributed by atoms with Gasteiger partial charge in [0.15, 0.2) is 0 Å². The predicted molar refractivity (Wildman–Crippen MR) is 47.5 cm³/mol. The van der Waals surface area contributed by atoms with Crippen LogP contribution in [0.1, 0.15) is 0 Å². The molecule has 0 aliphatic carbocycles. The third-order valence-electron chi connectivity index (χ3n) is 1.57. The van der Waals surface area contributed by atoms with E-state index < -0.39 is 23.2 Å². The zero-order valence-corrected chi connectivity index (χ0v) is 11.8. The smallest absolute Gasteiger partial charge is 0.445 e. The molecule has 1 aromatic carbocycles. The summed E-state index contributed by atoms with van der Waals surface area (Å²) in [6.07, 6.45) is 1.35. The van der Waals surface area contributed by atoms with Gasteiger partial charge in [-0.15, -0.1) is 5.46 Å². The third kappa shape index (κ3) is 4.16. The van der Waals surface area contributed by atoms with Gasteiger partial charge in [-0.25, -0.2) is 0 Å². The Bertz CT molecular complexity index is 342. The first-order valence-corrected chi connectivity index (χ1v) is 5.10. The molecule has 0 spiro atoms. The summed E-state index contributed by atoms with van der Waals surface area (Å²) in [6.45, 7) is -4.99. The standard InChI is InChI=1S/C7H7BF3OS.K/c1-13(12)7-4-2-3-6(5-7)8(9,10)11;/h2-5H,1H3;/q-1;+1. The molecule has 0 radical (unpaired) electrons. The van der Waals surface area contributed by atoms with E-state index >= 15 is 0 Å². The molecule has 72 valence electrons. The fourth-order valence-corrected chi connectivity index (χ4v) is 1.47. The van der Waals surface area contributed by atoms with Crippen molar-refractivity contribution in [1.29, 1.82) is 0 Å². The van der Waals surface area contributed by atoms with Gasteiger partial charge in [0.1, 0.15) is 0 Å². The fraction of sp³-hybridized carbons (Fsp3) is 0.143. The molecule has 0 saturated heterocycles. The van der Waals surface area contributed by atoms with Crippen LogP contribution in [0.2, 0.25) is 0 Å². The van der Waals surface area contributed by atoms with Crippen LogP contribution in [0.25, 0.3) is 0 Å². The molecule has 0 amide bonds. The predicted octanol–water partition coefficient (Wildman–Crippen LogP) is -1.52. The Kier molecular flexibility index (Phi) is 6.17. The summed E-state index contributed by atoms with van der Waals surface area (Å²) >= 11 is 0. The average molecular weight is 246 g/mol. The maximum absolute atomic E-state index is 12.2. The Morgan fingerprint density at radius 1 is 1.29 bits per heavy atom. The van der Waals surface area contributed by atoms with Gasteiger partial charge in [0, 0.05) is 22.0 Å². The minimum atomic E-state index is -4.99. The van der Waals surface area contributed by atoms with Gasteiger partial charge in [0.25, 0.3) is 0 Å². The zero-order chi connectivity index (χ0) is 10.1.